The third-order valence-corrected chi connectivity index (χ3v) is 4.86. The summed E-state index contributed by atoms with van der Waals surface area (Å²) in [6.07, 6.45) is 2.07. The summed E-state index contributed by atoms with van der Waals surface area (Å²) in [4.78, 5) is -0.0288. The van der Waals surface area contributed by atoms with Crippen molar-refractivity contribution in [2.75, 3.05) is 25.9 Å². The average molecular weight is 297 g/mol. The van der Waals surface area contributed by atoms with Crippen molar-refractivity contribution in [3.8, 4) is 6.07 Å². The van der Waals surface area contributed by atoms with Gasteiger partial charge in [0, 0.05) is 25.9 Å². The van der Waals surface area contributed by atoms with Crippen LogP contribution in [-0.4, -0.2) is 38.0 Å². The van der Waals surface area contributed by atoms with Crippen molar-refractivity contribution in [3.05, 3.63) is 23.8 Å². The second-order valence-corrected chi connectivity index (χ2v) is 6.49. The predicted molar refractivity (Wildman–Crippen MR) is 76.3 cm³/mol. The maximum absolute atomic E-state index is 12.4. The molecule has 1 aromatic rings. The summed E-state index contributed by atoms with van der Waals surface area (Å²) in [6, 6.07) is 6.03. The molecule has 0 radical (unpaired) electrons. The van der Waals surface area contributed by atoms with E-state index < -0.39 is 10.0 Å². The highest BCUT2D eigenvalue weighted by Crippen LogP contribution is 2.21. The Bertz CT molecular complexity index is 593. The minimum absolute atomic E-state index is 0.0288. The summed E-state index contributed by atoms with van der Waals surface area (Å²) >= 11 is 0. The first kappa shape index (κ1) is 16.4. The van der Waals surface area contributed by atoms with Gasteiger partial charge in [-0.3, -0.25) is 0 Å². The summed E-state index contributed by atoms with van der Waals surface area (Å²) in [5.41, 5.74) is 5.95. The Morgan fingerprint density at radius 3 is 2.65 bits per heavy atom. The number of unbranched alkanes of at least 4 members (excludes halogenated alkanes) is 2. The zero-order valence-corrected chi connectivity index (χ0v) is 12.2. The van der Waals surface area contributed by atoms with Crippen molar-refractivity contribution >= 4 is 15.7 Å². The quantitative estimate of drug-likeness (QED) is 0.575. The molecular formula is C13H19N3O3S. The number of sulfonamides is 1. The van der Waals surface area contributed by atoms with E-state index >= 15 is 0 Å². The van der Waals surface area contributed by atoms with Gasteiger partial charge in [0.25, 0.3) is 0 Å². The summed E-state index contributed by atoms with van der Waals surface area (Å²) in [6.45, 7) is 0.449. The Morgan fingerprint density at radius 1 is 1.35 bits per heavy atom. The number of hydrogen-bond donors (Lipinski definition) is 2. The number of rotatable bonds is 7. The highest BCUT2D eigenvalue weighted by atomic mass is 32.2. The van der Waals surface area contributed by atoms with Crippen LogP contribution in [0, 0.1) is 11.3 Å². The highest BCUT2D eigenvalue weighted by molar-refractivity contribution is 7.89. The zero-order chi connectivity index (χ0) is 15.2. The molecule has 0 heterocycles. The van der Waals surface area contributed by atoms with Crippen molar-refractivity contribution in [2.24, 2.45) is 0 Å². The smallest absolute Gasteiger partial charge is 0.244 e. The molecule has 0 aliphatic rings. The minimum Gasteiger partial charge on any atom is -0.399 e. The topological polar surface area (TPSA) is 107 Å². The van der Waals surface area contributed by atoms with Crippen LogP contribution >= 0.6 is 0 Å². The molecule has 0 aromatic heterocycles. The van der Waals surface area contributed by atoms with Gasteiger partial charge < -0.3 is 10.8 Å². The predicted octanol–water partition coefficient (Wildman–Crippen LogP) is 0.924. The van der Waals surface area contributed by atoms with Crippen molar-refractivity contribution in [3.63, 3.8) is 0 Å². The lowest BCUT2D eigenvalue weighted by molar-refractivity contribution is 0.281. The van der Waals surface area contributed by atoms with E-state index in [1.807, 2.05) is 6.07 Å². The minimum atomic E-state index is -3.69. The third-order valence-electron chi connectivity index (χ3n) is 2.94. The lowest BCUT2D eigenvalue weighted by Gasteiger charge is -2.18. The van der Waals surface area contributed by atoms with Crippen LogP contribution in [0.25, 0.3) is 0 Å². The number of aliphatic hydroxyl groups is 1. The number of anilines is 1. The summed E-state index contributed by atoms with van der Waals surface area (Å²) < 4.78 is 26.0. The van der Waals surface area contributed by atoms with Crippen LogP contribution in [0.1, 0.15) is 24.8 Å². The van der Waals surface area contributed by atoms with Crippen LogP contribution < -0.4 is 5.73 Å². The van der Waals surface area contributed by atoms with Gasteiger partial charge in [-0.1, -0.05) is 0 Å². The van der Waals surface area contributed by atoms with Crippen molar-refractivity contribution in [1.29, 1.82) is 5.26 Å². The molecule has 0 fully saturated rings. The number of benzene rings is 1. The monoisotopic (exact) mass is 297 g/mol. The standard InChI is InChI=1S/C13H19N3O3S/c1-16(7-3-2-4-8-17)20(18,19)13-6-5-12(15)9-11(13)10-14/h5-6,9,17H,2-4,7-8,15H2,1H3. The van der Waals surface area contributed by atoms with Gasteiger partial charge >= 0.3 is 0 Å². The van der Waals surface area contributed by atoms with E-state index in [1.54, 1.807) is 0 Å². The van der Waals surface area contributed by atoms with Crippen LogP contribution in [0.5, 0.6) is 0 Å². The molecule has 0 bridgehead atoms. The van der Waals surface area contributed by atoms with Crippen molar-refractivity contribution in [2.45, 2.75) is 24.2 Å². The Balaban J connectivity index is 2.91. The molecule has 6 nitrogen and oxygen atoms in total. The second-order valence-electron chi connectivity index (χ2n) is 4.48. The number of aliphatic hydroxyl groups excluding tert-OH is 1. The summed E-state index contributed by atoms with van der Waals surface area (Å²) in [5.74, 6) is 0. The molecule has 0 aliphatic heterocycles. The molecule has 0 aliphatic carbocycles. The molecule has 1 aromatic carbocycles. The fourth-order valence-corrected chi connectivity index (χ4v) is 3.10. The molecule has 0 unspecified atom stereocenters. The van der Waals surface area contributed by atoms with Crippen LogP contribution in [0.15, 0.2) is 23.1 Å². The number of nitrogens with two attached hydrogens (primary N) is 1. The molecule has 0 saturated heterocycles. The fraction of sp³-hybridized carbons (Fsp3) is 0.462. The van der Waals surface area contributed by atoms with E-state index in [-0.39, 0.29) is 17.1 Å². The number of hydrogen-bond acceptors (Lipinski definition) is 5. The molecule has 0 atom stereocenters. The number of nitrogen functional groups attached to an aromatic ring is 1. The van der Waals surface area contributed by atoms with Gasteiger partial charge in [-0.25, -0.2) is 12.7 Å². The Labute approximate surface area is 119 Å². The molecule has 3 N–H and O–H groups in total. The van der Waals surface area contributed by atoms with Gasteiger partial charge in [-0.05, 0) is 37.5 Å². The lowest BCUT2D eigenvalue weighted by Crippen LogP contribution is -2.28. The summed E-state index contributed by atoms with van der Waals surface area (Å²) in [7, 11) is -2.21. The SMILES string of the molecule is CN(CCCCCO)S(=O)(=O)c1ccc(N)cc1C#N. The van der Waals surface area contributed by atoms with E-state index in [9.17, 15) is 8.42 Å². The molecule has 0 amide bonds. The first-order chi connectivity index (χ1) is 9.43. The molecule has 20 heavy (non-hydrogen) atoms. The Hall–Kier alpha value is -1.62. The second kappa shape index (κ2) is 7.24. The first-order valence-electron chi connectivity index (χ1n) is 6.30. The zero-order valence-electron chi connectivity index (χ0n) is 11.4. The van der Waals surface area contributed by atoms with E-state index in [1.165, 1.54) is 29.6 Å². The van der Waals surface area contributed by atoms with Gasteiger partial charge in [-0.15, -0.1) is 0 Å². The molecule has 110 valence electrons. The average Bonchev–Trinajstić information content (AvgIpc) is 2.42. The van der Waals surface area contributed by atoms with Gasteiger partial charge in [-0.2, -0.15) is 5.26 Å². The third kappa shape index (κ3) is 3.93. The van der Waals surface area contributed by atoms with Gasteiger partial charge in [0.15, 0.2) is 0 Å². The van der Waals surface area contributed by atoms with Crippen LogP contribution in [0.2, 0.25) is 0 Å². The van der Waals surface area contributed by atoms with Gasteiger partial charge in [0.2, 0.25) is 10.0 Å². The fourth-order valence-electron chi connectivity index (χ4n) is 1.77. The molecule has 1 rings (SSSR count). The van der Waals surface area contributed by atoms with Crippen molar-refractivity contribution in [1.82, 2.24) is 4.31 Å². The van der Waals surface area contributed by atoms with E-state index in [2.05, 4.69) is 0 Å². The maximum atomic E-state index is 12.4. The van der Waals surface area contributed by atoms with Crippen LogP contribution in [0.4, 0.5) is 5.69 Å². The van der Waals surface area contributed by atoms with Crippen molar-refractivity contribution < 1.29 is 13.5 Å². The van der Waals surface area contributed by atoms with Gasteiger partial charge in [0.1, 0.15) is 11.0 Å². The van der Waals surface area contributed by atoms with Crippen LogP contribution in [-0.2, 0) is 10.0 Å². The van der Waals surface area contributed by atoms with Gasteiger partial charge in [0.05, 0.1) is 5.56 Å². The Morgan fingerprint density at radius 2 is 2.05 bits per heavy atom. The maximum Gasteiger partial charge on any atom is 0.244 e. The number of nitriles is 1. The van der Waals surface area contributed by atoms with E-state index in [4.69, 9.17) is 16.1 Å². The van der Waals surface area contributed by atoms with E-state index in [0.29, 0.717) is 25.1 Å². The lowest BCUT2D eigenvalue weighted by atomic mass is 10.2. The highest BCUT2D eigenvalue weighted by Gasteiger charge is 2.23. The molecular weight excluding hydrogens is 278 g/mol. The first-order valence-corrected chi connectivity index (χ1v) is 7.74. The molecule has 7 heteroatoms. The molecule has 0 saturated carbocycles. The van der Waals surface area contributed by atoms with Crippen LogP contribution in [0.3, 0.4) is 0 Å². The largest absolute Gasteiger partial charge is 0.399 e. The normalized spacial score (nSPS) is 11.5. The molecule has 0 spiro atoms. The Kier molecular flexibility index (Phi) is 5.95. The summed E-state index contributed by atoms with van der Waals surface area (Å²) in [5, 5.41) is 17.7. The number of nitrogens with zero attached hydrogens (tertiary/aromatic N) is 2. The van der Waals surface area contributed by atoms with E-state index in [0.717, 1.165) is 6.42 Å².